The van der Waals surface area contributed by atoms with Gasteiger partial charge in [0.05, 0.1) is 24.0 Å². The SMILES string of the molecule is COc1ccc2c(c1)NC1(CCN(C(=O)c3ccc4c(c3)OC(F)(F)O4)CC1)c1cccn1-2. The summed E-state index contributed by atoms with van der Waals surface area (Å²) in [5.41, 5.74) is 3.15. The van der Waals surface area contributed by atoms with Crippen LogP contribution in [0, 0.1) is 0 Å². The van der Waals surface area contributed by atoms with E-state index in [0.717, 1.165) is 22.8 Å². The van der Waals surface area contributed by atoms with Crippen molar-refractivity contribution in [2.75, 3.05) is 25.5 Å². The highest BCUT2D eigenvalue weighted by Crippen LogP contribution is 2.45. The van der Waals surface area contributed by atoms with Gasteiger partial charge >= 0.3 is 6.29 Å². The Morgan fingerprint density at radius 3 is 2.64 bits per heavy atom. The lowest BCUT2D eigenvalue weighted by atomic mass is 9.82. The highest BCUT2D eigenvalue weighted by Gasteiger charge is 2.45. The molecule has 3 aliphatic rings. The summed E-state index contributed by atoms with van der Waals surface area (Å²) in [4.78, 5) is 14.9. The lowest BCUT2D eigenvalue weighted by Gasteiger charge is -2.46. The zero-order valence-electron chi connectivity index (χ0n) is 17.8. The highest BCUT2D eigenvalue weighted by atomic mass is 19.3. The molecule has 0 aliphatic carbocycles. The first kappa shape index (κ1) is 19.9. The maximum atomic E-state index is 13.3. The molecule has 9 heteroatoms. The van der Waals surface area contributed by atoms with Crippen LogP contribution in [0.5, 0.6) is 17.2 Å². The Hall–Kier alpha value is -3.75. The zero-order valence-corrected chi connectivity index (χ0v) is 17.8. The van der Waals surface area contributed by atoms with Gasteiger partial charge in [0.15, 0.2) is 11.5 Å². The molecule has 0 bridgehead atoms. The van der Waals surface area contributed by atoms with Crippen LogP contribution in [0.2, 0.25) is 0 Å². The van der Waals surface area contributed by atoms with Crippen LogP contribution in [0.1, 0.15) is 28.9 Å². The third kappa shape index (κ3) is 3.10. The number of hydrogen-bond donors (Lipinski definition) is 1. The number of nitrogens with zero attached hydrogens (tertiary/aromatic N) is 2. The quantitative estimate of drug-likeness (QED) is 0.625. The van der Waals surface area contributed by atoms with Crippen molar-refractivity contribution in [1.29, 1.82) is 0 Å². The first-order chi connectivity index (χ1) is 15.9. The molecule has 0 unspecified atom stereocenters. The number of anilines is 1. The van der Waals surface area contributed by atoms with E-state index in [0.29, 0.717) is 31.5 Å². The normalized spacial score (nSPS) is 18.9. The molecular formula is C24H21F2N3O4. The van der Waals surface area contributed by atoms with Crippen LogP contribution in [0.25, 0.3) is 5.69 Å². The topological polar surface area (TPSA) is 65.0 Å². The zero-order chi connectivity index (χ0) is 22.8. The summed E-state index contributed by atoms with van der Waals surface area (Å²) in [6, 6.07) is 14.2. The van der Waals surface area contributed by atoms with Crippen molar-refractivity contribution in [2.45, 2.75) is 24.7 Å². The maximum absolute atomic E-state index is 13.3. The van der Waals surface area contributed by atoms with E-state index in [1.54, 1.807) is 12.0 Å². The van der Waals surface area contributed by atoms with Gasteiger partial charge < -0.3 is 29.0 Å². The number of benzene rings is 2. The number of rotatable bonds is 2. The van der Waals surface area contributed by atoms with Crippen molar-refractivity contribution in [3.63, 3.8) is 0 Å². The molecule has 7 nitrogen and oxygen atoms in total. The van der Waals surface area contributed by atoms with E-state index in [4.69, 9.17) is 4.74 Å². The van der Waals surface area contributed by atoms with Gasteiger partial charge in [0.1, 0.15) is 5.75 Å². The van der Waals surface area contributed by atoms with Crippen LogP contribution in [0.3, 0.4) is 0 Å². The largest absolute Gasteiger partial charge is 0.586 e. The minimum absolute atomic E-state index is 0.0737. The van der Waals surface area contributed by atoms with Gasteiger partial charge in [-0.3, -0.25) is 4.79 Å². The molecule has 0 radical (unpaired) electrons. The smallest absolute Gasteiger partial charge is 0.497 e. The first-order valence-corrected chi connectivity index (χ1v) is 10.7. The molecule has 1 fully saturated rings. The molecule has 33 heavy (non-hydrogen) atoms. The number of likely N-dealkylation sites (tertiary alicyclic amines) is 1. The molecule has 0 atom stereocenters. The Bertz CT molecular complexity index is 1260. The first-order valence-electron chi connectivity index (χ1n) is 10.7. The average molecular weight is 453 g/mol. The van der Waals surface area contributed by atoms with Gasteiger partial charge in [-0.15, -0.1) is 8.78 Å². The molecule has 1 N–H and O–H groups in total. The number of aromatic nitrogens is 1. The summed E-state index contributed by atoms with van der Waals surface area (Å²) in [7, 11) is 1.64. The molecule has 0 saturated carbocycles. The third-order valence-electron chi connectivity index (χ3n) is 6.63. The summed E-state index contributed by atoms with van der Waals surface area (Å²) >= 11 is 0. The van der Waals surface area contributed by atoms with Gasteiger partial charge in [0.25, 0.3) is 5.91 Å². The molecule has 1 aromatic heterocycles. The van der Waals surface area contributed by atoms with Crippen LogP contribution < -0.4 is 19.5 Å². The third-order valence-corrected chi connectivity index (χ3v) is 6.63. The van der Waals surface area contributed by atoms with Crippen molar-refractivity contribution in [3.8, 4) is 22.9 Å². The molecule has 6 rings (SSSR count). The van der Waals surface area contributed by atoms with Gasteiger partial charge in [-0.25, -0.2) is 0 Å². The molecule has 1 amide bonds. The van der Waals surface area contributed by atoms with E-state index in [-0.39, 0.29) is 22.9 Å². The Labute approximate surface area is 188 Å². The summed E-state index contributed by atoms with van der Waals surface area (Å²) < 4.78 is 43.1. The number of carbonyl (C=O) groups is 1. The number of fused-ring (bicyclic) bond motifs is 5. The van der Waals surface area contributed by atoms with Gasteiger partial charge in [-0.2, -0.15) is 0 Å². The fourth-order valence-corrected chi connectivity index (χ4v) is 4.99. The number of carbonyl (C=O) groups excluding carboxylic acids is 1. The van der Waals surface area contributed by atoms with Gasteiger partial charge in [0, 0.05) is 36.6 Å². The van der Waals surface area contributed by atoms with Crippen LogP contribution in [-0.4, -0.2) is 41.9 Å². The van der Waals surface area contributed by atoms with E-state index < -0.39 is 6.29 Å². The number of piperidine rings is 1. The maximum Gasteiger partial charge on any atom is 0.586 e. The molecule has 1 saturated heterocycles. The predicted molar refractivity (Wildman–Crippen MR) is 115 cm³/mol. The minimum atomic E-state index is -3.71. The van der Waals surface area contributed by atoms with Gasteiger partial charge in [-0.1, -0.05) is 0 Å². The van der Waals surface area contributed by atoms with E-state index in [9.17, 15) is 13.6 Å². The highest BCUT2D eigenvalue weighted by molar-refractivity contribution is 5.95. The van der Waals surface area contributed by atoms with Crippen molar-refractivity contribution in [3.05, 3.63) is 66.0 Å². The molecule has 2 aromatic carbocycles. The minimum Gasteiger partial charge on any atom is -0.497 e. The molecule has 170 valence electrons. The number of amides is 1. The number of hydrogen-bond acceptors (Lipinski definition) is 5. The molecule has 1 spiro atoms. The Morgan fingerprint density at radius 1 is 1.06 bits per heavy atom. The van der Waals surface area contributed by atoms with Crippen molar-refractivity contribution in [1.82, 2.24) is 9.47 Å². The number of halogens is 2. The van der Waals surface area contributed by atoms with Gasteiger partial charge in [0.2, 0.25) is 0 Å². The van der Waals surface area contributed by atoms with E-state index in [1.165, 1.54) is 18.2 Å². The second kappa shape index (κ2) is 6.87. The summed E-state index contributed by atoms with van der Waals surface area (Å²) in [6.45, 7) is 1.03. The Morgan fingerprint density at radius 2 is 1.85 bits per heavy atom. The van der Waals surface area contributed by atoms with E-state index in [1.807, 2.05) is 30.5 Å². The fraction of sp³-hybridized carbons (Fsp3) is 0.292. The molecule has 3 aliphatic heterocycles. The number of ether oxygens (including phenoxy) is 3. The monoisotopic (exact) mass is 453 g/mol. The van der Waals surface area contributed by atoms with Crippen molar-refractivity contribution >= 4 is 11.6 Å². The average Bonchev–Trinajstić information content (AvgIpc) is 3.42. The number of methoxy groups -OCH3 is 1. The Kier molecular flexibility index (Phi) is 4.14. The van der Waals surface area contributed by atoms with Crippen LogP contribution >= 0.6 is 0 Å². The summed E-state index contributed by atoms with van der Waals surface area (Å²) in [5, 5.41) is 3.71. The number of alkyl halides is 2. The standard InChI is InChI=1S/C24H21F2N3O4/c1-31-16-5-6-18-17(14-16)27-23(21-3-2-10-29(18)21)8-11-28(12-9-23)22(30)15-4-7-19-20(13-15)33-24(25,26)32-19/h2-7,10,13-14,27H,8-9,11-12H2,1H3. The molecular weight excluding hydrogens is 432 g/mol. The lowest BCUT2D eigenvalue weighted by molar-refractivity contribution is -0.286. The lowest BCUT2D eigenvalue weighted by Crippen LogP contribution is -2.51. The number of nitrogens with one attached hydrogen (secondary N) is 1. The summed E-state index contributed by atoms with van der Waals surface area (Å²) in [5.74, 6) is 0.347. The van der Waals surface area contributed by atoms with E-state index >= 15 is 0 Å². The second-order valence-corrected chi connectivity index (χ2v) is 8.47. The summed E-state index contributed by atoms with van der Waals surface area (Å²) in [6.07, 6.45) is -0.269. The van der Waals surface area contributed by atoms with Crippen LogP contribution in [0.15, 0.2) is 54.7 Å². The Balaban J connectivity index is 1.24. The second-order valence-electron chi connectivity index (χ2n) is 8.47. The van der Waals surface area contributed by atoms with Crippen molar-refractivity contribution in [2.24, 2.45) is 0 Å². The fourth-order valence-electron chi connectivity index (χ4n) is 4.99. The van der Waals surface area contributed by atoms with Crippen molar-refractivity contribution < 1.29 is 27.8 Å². The van der Waals surface area contributed by atoms with Gasteiger partial charge in [-0.05, 0) is 55.3 Å². The van der Waals surface area contributed by atoms with E-state index in [2.05, 4.69) is 25.4 Å². The molecule has 4 heterocycles. The van der Waals surface area contributed by atoms with Crippen LogP contribution in [0.4, 0.5) is 14.5 Å². The molecule has 3 aromatic rings. The predicted octanol–water partition coefficient (Wildman–Crippen LogP) is 4.36. The van der Waals surface area contributed by atoms with Crippen LogP contribution in [-0.2, 0) is 5.54 Å².